The van der Waals surface area contributed by atoms with Crippen LogP contribution in [0.25, 0.3) is 22.3 Å². The predicted molar refractivity (Wildman–Crippen MR) is 63.0 cm³/mol. The number of rotatable bonds is 1. The average Bonchev–Trinajstić information content (AvgIpc) is 2.91. The topological polar surface area (TPSA) is 76.1 Å². The Morgan fingerprint density at radius 3 is 2.82 bits per heavy atom. The molecule has 0 spiro atoms. The molecule has 0 amide bonds. The molecule has 0 bridgehead atoms. The number of fused-ring (bicyclic) bond motifs is 1. The second-order valence-corrected chi connectivity index (χ2v) is 3.65. The summed E-state index contributed by atoms with van der Waals surface area (Å²) in [7, 11) is 0. The first-order valence-corrected chi connectivity index (χ1v) is 5.05. The van der Waals surface area contributed by atoms with E-state index in [1.807, 2.05) is 36.4 Å². The lowest BCUT2D eigenvalue weighted by Gasteiger charge is -1.90. The van der Waals surface area contributed by atoms with Crippen molar-refractivity contribution in [2.75, 3.05) is 5.73 Å². The Labute approximate surface area is 96.9 Å². The third-order valence-corrected chi connectivity index (χ3v) is 2.62. The molecule has 0 fully saturated rings. The first kappa shape index (κ1) is 9.55. The molecule has 0 aliphatic heterocycles. The van der Waals surface area contributed by atoms with E-state index in [0.717, 1.165) is 11.0 Å². The van der Waals surface area contributed by atoms with Gasteiger partial charge in [0.2, 0.25) is 5.88 Å². The standard InChI is InChI=1S/C13H8N2O2/c14-6-9-10(7-16-13(9)15)12-5-8-3-1-2-4-11(8)17-12/h1-5,7H,15H2. The summed E-state index contributed by atoms with van der Waals surface area (Å²) >= 11 is 0. The number of furan rings is 2. The van der Waals surface area contributed by atoms with Crippen LogP contribution in [0.5, 0.6) is 0 Å². The molecule has 2 heterocycles. The Balaban J connectivity index is 2.24. The fourth-order valence-electron chi connectivity index (χ4n) is 1.78. The lowest BCUT2D eigenvalue weighted by molar-refractivity contribution is 0.584. The van der Waals surface area contributed by atoms with Crippen molar-refractivity contribution in [2.45, 2.75) is 0 Å². The maximum atomic E-state index is 8.99. The van der Waals surface area contributed by atoms with E-state index in [1.165, 1.54) is 6.26 Å². The summed E-state index contributed by atoms with van der Waals surface area (Å²) < 4.78 is 10.7. The summed E-state index contributed by atoms with van der Waals surface area (Å²) in [5, 5.41) is 9.97. The van der Waals surface area contributed by atoms with Crippen LogP contribution < -0.4 is 5.73 Å². The second-order valence-electron chi connectivity index (χ2n) is 3.65. The summed E-state index contributed by atoms with van der Waals surface area (Å²) in [4.78, 5) is 0. The van der Waals surface area contributed by atoms with Crippen molar-refractivity contribution in [2.24, 2.45) is 0 Å². The maximum Gasteiger partial charge on any atom is 0.208 e. The zero-order chi connectivity index (χ0) is 11.8. The maximum absolute atomic E-state index is 8.99. The van der Waals surface area contributed by atoms with Crippen LogP contribution >= 0.6 is 0 Å². The molecule has 4 nitrogen and oxygen atoms in total. The van der Waals surface area contributed by atoms with Crippen LogP contribution in [0.4, 0.5) is 5.88 Å². The highest BCUT2D eigenvalue weighted by Gasteiger charge is 2.16. The smallest absolute Gasteiger partial charge is 0.208 e. The molecule has 0 saturated heterocycles. The largest absolute Gasteiger partial charge is 0.456 e. The van der Waals surface area contributed by atoms with Crippen LogP contribution in [-0.4, -0.2) is 0 Å². The molecule has 0 unspecified atom stereocenters. The Hall–Kier alpha value is -2.67. The molecule has 17 heavy (non-hydrogen) atoms. The Kier molecular flexibility index (Phi) is 1.92. The highest BCUT2D eigenvalue weighted by molar-refractivity contribution is 5.84. The lowest BCUT2D eigenvalue weighted by Crippen LogP contribution is -1.84. The van der Waals surface area contributed by atoms with Crippen molar-refractivity contribution >= 4 is 16.9 Å². The lowest BCUT2D eigenvalue weighted by atomic mass is 10.1. The number of nitrogens with zero attached hydrogens (tertiary/aromatic N) is 1. The molecular weight excluding hydrogens is 216 g/mol. The summed E-state index contributed by atoms with van der Waals surface area (Å²) in [6, 6.07) is 11.5. The Morgan fingerprint density at radius 2 is 2.06 bits per heavy atom. The van der Waals surface area contributed by atoms with Crippen molar-refractivity contribution in [3.63, 3.8) is 0 Å². The summed E-state index contributed by atoms with van der Waals surface area (Å²) in [5.41, 5.74) is 7.22. The molecule has 4 heteroatoms. The molecular formula is C13H8N2O2. The monoisotopic (exact) mass is 224 g/mol. The minimum atomic E-state index is 0.114. The van der Waals surface area contributed by atoms with E-state index < -0.39 is 0 Å². The highest BCUT2D eigenvalue weighted by atomic mass is 16.4. The van der Waals surface area contributed by atoms with Crippen LogP contribution in [0, 0.1) is 11.3 Å². The fourth-order valence-corrected chi connectivity index (χ4v) is 1.78. The van der Waals surface area contributed by atoms with E-state index >= 15 is 0 Å². The number of nitrogen functional groups attached to an aromatic ring is 1. The normalized spacial score (nSPS) is 10.5. The van der Waals surface area contributed by atoms with Gasteiger partial charge in [-0.25, -0.2) is 0 Å². The number of nitrogens with two attached hydrogens (primary N) is 1. The molecule has 1 aromatic carbocycles. The molecule has 2 aromatic heterocycles. The van der Waals surface area contributed by atoms with Gasteiger partial charge in [-0.1, -0.05) is 18.2 Å². The average molecular weight is 224 g/mol. The molecule has 2 N–H and O–H groups in total. The minimum Gasteiger partial charge on any atom is -0.456 e. The number of hydrogen-bond acceptors (Lipinski definition) is 4. The van der Waals surface area contributed by atoms with E-state index in [4.69, 9.17) is 19.8 Å². The van der Waals surface area contributed by atoms with E-state index in [9.17, 15) is 0 Å². The van der Waals surface area contributed by atoms with Gasteiger partial charge >= 0.3 is 0 Å². The molecule has 0 atom stereocenters. The van der Waals surface area contributed by atoms with Gasteiger partial charge in [0.1, 0.15) is 29.2 Å². The van der Waals surface area contributed by atoms with Gasteiger partial charge in [0.05, 0.1) is 5.56 Å². The molecule has 3 aromatic rings. The quantitative estimate of drug-likeness (QED) is 0.688. The molecule has 0 saturated carbocycles. The number of para-hydroxylation sites is 1. The van der Waals surface area contributed by atoms with Crippen molar-refractivity contribution < 1.29 is 8.83 Å². The molecule has 82 valence electrons. The van der Waals surface area contributed by atoms with Crippen LogP contribution in [0.1, 0.15) is 5.56 Å². The first-order chi connectivity index (χ1) is 8.29. The third kappa shape index (κ3) is 1.37. The van der Waals surface area contributed by atoms with Gasteiger partial charge in [0, 0.05) is 5.39 Å². The van der Waals surface area contributed by atoms with Gasteiger partial charge in [-0.15, -0.1) is 0 Å². The second kappa shape index (κ2) is 3.42. The number of nitriles is 1. The number of benzene rings is 1. The van der Waals surface area contributed by atoms with Gasteiger partial charge in [-0.05, 0) is 12.1 Å². The van der Waals surface area contributed by atoms with Crippen molar-refractivity contribution in [3.05, 3.63) is 42.2 Å². The van der Waals surface area contributed by atoms with E-state index in [0.29, 0.717) is 16.9 Å². The number of hydrogen-bond donors (Lipinski definition) is 1. The number of anilines is 1. The molecule has 0 aliphatic carbocycles. The van der Waals surface area contributed by atoms with Crippen molar-refractivity contribution in [1.82, 2.24) is 0 Å². The van der Waals surface area contributed by atoms with Gasteiger partial charge in [0.15, 0.2) is 0 Å². The minimum absolute atomic E-state index is 0.114. The first-order valence-electron chi connectivity index (χ1n) is 5.05. The van der Waals surface area contributed by atoms with Crippen LogP contribution in [0.15, 0.2) is 45.4 Å². The summed E-state index contributed by atoms with van der Waals surface area (Å²) in [6.45, 7) is 0. The van der Waals surface area contributed by atoms with E-state index in [-0.39, 0.29) is 5.88 Å². The fraction of sp³-hybridized carbons (Fsp3) is 0. The predicted octanol–water partition coefficient (Wildman–Crippen LogP) is 3.15. The van der Waals surface area contributed by atoms with Gasteiger partial charge in [-0.3, -0.25) is 0 Å². The Morgan fingerprint density at radius 1 is 1.24 bits per heavy atom. The molecule has 0 aliphatic rings. The highest BCUT2D eigenvalue weighted by Crippen LogP contribution is 2.33. The van der Waals surface area contributed by atoms with Crippen LogP contribution in [0.2, 0.25) is 0 Å². The van der Waals surface area contributed by atoms with E-state index in [2.05, 4.69) is 0 Å². The van der Waals surface area contributed by atoms with Crippen molar-refractivity contribution in [3.8, 4) is 17.4 Å². The van der Waals surface area contributed by atoms with Gasteiger partial charge in [0.25, 0.3) is 0 Å². The molecule has 0 radical (unpaired) electrons. The van der Waals surface area contributed by atoms with Crippen molar-refractivity contribution in [1.29, 1.82) is 5.26 Å². The summed E-state index contributed by atoms with van der Waals surface area (Å²) in [5.74, 6) is 0.700. The SMILES string of the molecule is N#Cc1c(-c2cc3ccccc3o2)coc1N. The third-order valence-electron chi connectivity index (χ3n) is 2.62. The van der Waals surface area contributed by atoms with Crippen LogP contribution in [0.3, 0.4) is 0 Å². The zero-order valence-electron chi connectivity index (χ0n) is 8.81. The van der Waals surface area contributed by atoms with E-state index in [1.54, 1.807) is 0 Å². The Bertz CT molecular complexity index is 698. The molecule has 3 rings (SSSR count). The van der Waals surface area contributed by atoms with Crippen LogP contribution in [-0.2, 0) is 0 Å². The zero-order valence-corrected chi connectivity index (χ0v) is 8.81. The van der Waals surface area contributed by atoms with Gasteiger partial charge < -0.3 is 14.6 Å². The summed E-state index contributed by atoms with van der Waals surface area (Å²) in [6.07, 6.45) is 1.44. The van der Waals surface area contributed by atoms with Gasteiger partial charge in [-0.2, -0.15) is 5.26 Å².